The van der Waals surface area contributed by atoms with Crippen LogP contribution < -0.4 is 16.4 Å². The first-order valence-corrected chi connectivity index (χ1v) is 8.00. The van der Waals surface area contributed by atoms with Crippen molar-refractivity contribution in [2.45, 2.75) is 19.4 Å². The van der Waals surface area contributed by atoms with Crippen molar-refractivity contribution >= 4 is 33.6 Å². The van der Waals surface area contributed by atoms with Crippen molar-refractivity contribution in [1.82, 2.24) is 5.32 Å². The molecule has 0 radical (unpaired) electrons. The maximum atomic E-state index is 12.2. The van der Waals surface area contributed by atoms with Crippen LogP contribution in [0.2, 0.25) is 0 Å². The van der Waals surface area contributed by atoms with Gasteiger partial charge in [-0.3, -0.25) is 4.79 Å². The molecule has 1 atom stereocenters. The topological polar surface area (TPSA) is 84.2 Å². The molecule has 120 valence electrons. The van der Waals surface area contributed by atoms with Crippen molar-refractivity contribution in [2.24, 2.45) is 5.73 Å². The van der Waals surface area contributed by atoms with Gasteiger partial charge in [-0.25, -0.2) is 4.79 Å². The summed E-state index contributed by atoms with van der Waals surface area (Å²) >= 11 is 3.42. The highest BCUT2D eigenvalue weighted by Gasteiger charge is 2.20. The molecule has 0 heterocycles. The number of hydrogen-bond donors (Lipinski definition) is 3. The molecule has 0 fully saturated rings. The molecule has 0 bridgehead atoms. The molecule has 23 heavy (non-hydrogen) atoms. The van der Waals surface area contributed by atoms with E-state index in [-0.39, 0.29) is 0 Å². The standard InChI is InChI=1S/C17H18BrN3O2/c1-2-11-8-9-14(13(18)10-11)20-17(23)21-15(16(19)22)12-6-4-3-5-7-12/h3-10,15H,2H2,1H3,(H2,19,22)(H2,20,21,23). The second kappa shape index (κ2) is 7.78. The Labute approximate surface area is 143 Å². The van der Waals surface area contributed by atoms with Gasteiger partial charge in [0.05, 0.1) is 5.69 Å². The summed E-state index contributed by atoms with van der Waals surface area (Å²) in [4.78, 5) is 23.8. The lowest BCUT2D eigenvalue weighted by atomic mass is 10.1. The Kier molecular flexibility index (Phi) is 5.76. The minimum Gasteiger partial charge on any atom is -0.368 e. The molecule has 6 heteroatoms. The van der Waals surface area contributed by atoms with Crippen LogP contribution in [0.3, 0.4) is 0 Å². The van der Waals surface area contributed by atoms with E-state index in [1.807, 2.05) is 24.3 Å². The van der Waals surface area contributed by atoms with Gasteiger partial charge in [0.25, 0.3) is 0 Å². The first-order chi connectivity index (χ1) is 11.0. The predicted octanol–water partition coefficient (Wildman–Crippen LogP) is 3.36. The Hall–Kier alpha value is -2.34. The molecule has 5 nitrogen and oxygen atoms in total. The molecule has 0 aromatic heterocycles. The fourth-order valence-corrected chi connectivity index (χ4v) is 2.66. The number of carbonyl (C=O) groups excluding carboxylic acids is 2. The van der Waals surface area contributed by atoms with Crippen LogP contribution in [-0.2, 0) is 11.2 Å². The normalized spacial score (nSPS) is 11.6. The van der Waals surface area contributed by atoms with E-state index < -0.39 is 18.0 Å². The van der Waals surface area contributed by atoms with Crippen molar-refractivity contribution < 1.29 is 9.59 Å². The summed E-state index contributed by atoms with van der Waals surface area (Å²) in [6.07, 6.45) is 0.906. The lowest BCUT2D eigenvalue weighted by molar-refractivity contribution is -0.119. The van der Waals surface area contributed by atoms with Crippen LogP contribution in [0.25, 0.3) is 0 Å². The number of amides is 3. The SMILES string of the molecule is CCc1ccc(NC(=O)NC(C(N)=O)c2ccccc2)c(Br)c1. The fourth-order valence-electron chi connectivity index (χ4n) is 2.13. The molecule has 0 spiro atoms. The van der Waals surface area contributed by atoms with Gasteiger partial charge in [0.1, 0.15) is 6.04 Å². The van der Waals surface area contributed by atoms with Crippen molar-refractivity contribution in [1.29, 1.82) is 0 Å². The number of benzene rings is 2. The predicted molar refractivity (Wildman–Crippen MR) is 94.1 cm³/mol. The van der Waals surface area contributed by atoms with Crippen LogP contribution in [0, 0.1) is 0 Å². The lowest BCUT2D eigenvalue weighted by Gasteiger charge is -2.17. The van der Waals surface area contributed by atoms with E-state index in [4.69, 9.17) is 5.73 Å². The van der Waals surface area contributed by atoms with E-state index in [1.54, 1.807) is 24.3 Å². The minimum absolute atomic E-state index is 0.498. The van der Waals surface area contributed by atoms with E-state index in [1.165, 1.54) is 0 Å². The molecule has 2 aromatic rings. The molecule has 1 unspecified atom stereocenters. The molecule has 4 N–H and O–H groups in total. The number of nitrogens with two attached hydrogens (primary N) is 1. The summed E-state index contributed by atoms with van der Waals surface area (Å²) in [5, 5.41) is 5.30. The van der Waals surface area contributed by atoms with Gasteiger partial charge in [-0.05, 0) is 45.6 Å². The van der Waals surface area contributed by atoms with Crippen molar-refractivity contribution in [3.05, 3.63) is 64.1 Å². The Morgan fingerprint density at radius 1 is 1.17 bits per heavy atom. The van der Waals surface area contributed by atoms with E-state index in [2.05, 4.69) is 33.5 Å². The summed E-state index contributed by atoms with van der Waals surface area (Å²) in [7, 11) is 0. The third-order valence-corrected chi connectivity index (χ3v) is 4.04. The molecule has 3 amide bonds. The number of rotatable bonds is 5. The van der Waals surface area contributed by atoms with Gasteiger partial charge in [0.15, 0.2) is 0 Å². The van der Waals surface area contributed by atoms with E-state index in [9.17, 15) is 9.59 Å². The second-order valence-corrected chi connectivity index (χ2v) is 5.87. The zero-order valence-corrected chi connectivity index (χ0v) is 14.3. The van der Waals surface area contributed by atoms with Gasteiger partial charge in [0, 0.05) is 4.47 Å². The fraction of sp³-hybridized carbons (Fsp3) is 0.176. The van der Waals surface area contributed by atoms with Gasteiger partial charge in [-0.15, -0.1) is 0 Å². The van der Waals surface area contributed by atoms with Crippen LogP contribution in [0.5, 0.6) is 0 Å². The van der Waals surface area contributed by atoms with E-state index in [0.717, 1.165) is 16.5 Å². The zero-order chi connectivity index (χ0) is 16.8. The molecule has 2 aromatic carbocycles. The quantitative estimate of drug-likeness (QED) is 0.748. The molecule has 2 rings (SSSR count). The third-order valence-electron chi connectivity index (χ3n) is 3.38. The average Bonchev–Trinajstić information content (AvgIpc) is 2.55. The zero-order valence-electron chi connectivity index (χ0n) is 12.7. The molecular weight excluding hydrogens is 358 g/mol. The molecular formula is C17H18BrN3O2. The average molecular weight is 376 g/mol. The highest BCUT2D eigenvalue weighted by Crippen LogP contribution is 2.24. The Morgan fingerprint density at radius 3 is 2.43 bits per heavy atom. The molecule has 0 aliphatic heterocycles. The van der Waals surface area contributed by atoms with Crippen LogP contribution >= 0.6 is 15.9 Å². The number of aryl methyl sites for hydroxylation is 1. The number of halogens is 1. The number of anilines is 1. The molecule has 0 saturated heterocycles. The van der Waals surface area contributed by atoms with Gasteiger partial charge in [-0.1, -0.05) is 43.3 Å². The smallest absolute Gasteiger partial charge is 0.320 e. The lowest BCUT2D eigenvalue weighted by Crippen LogP contribution is -2.39. The summed E-state index contributed by atoms with van der Waals surface area (Å²) in [6.45, 7) is 2.05. The van der Waals surface area contributed by atoms with Crippen molar-refractivity contribution in [3.63, 3.8) is 0 Å². The first kappa shape index (κ1) is 17.0. The van der Waals surface area contributed by atoms with Crippen LogP contribution in [-0.4, -0.2) is 11.9 Å². The Bertz CT molecular complexity index is 704. The summed E-state index contributed by atoms with van der Waals surface area (Å²) in [5.41, 5.74) is 7.80. The first-order valence-electron chi connectivity index (χ1n) is 7.21. The number of primary amides is 1. The van der Waals surface area contributed by atoms with Gasteiger partial charge in [-0.2, -0.15) is 0 Å². The minimum atomic E-state index is -0.884. The number of nitrogens with one attached hydrogen (secondary N) is 2. The maximum absolute atomic E-state index is 12.2. The second-order valence-electron chi connectivity index (χ2n) is 5.01. The van der Waals surface area contributed by atoms with Crippen molar-refractivity contribution in [2.75, 3.05) is 5.32 Å². The van der Waals surface area contributed by atoms with Crippen LogP contribution in [0.4, 0.5) is 10.5 Å². The maximum Gasteiger partial charge on any atom is 0.320 e. The van der Waals surface area contributed by atoms with Crippen molar-refractivity contribution in [3.8, 4) is 0 Å². The highest BCUT2D eigenvalue weighted by molar-refractivity contribution is 9.10. The molecule has 0 aliphatic carbocycles. The Balaban J connectivity index is 2.10. The van der Waals surface area contributed by atoms with Crippen LogP contribution in [0.15, 0.2) is 53.0 Å². The summed E-state index contributed by atoms with van der Waals surface area (Å²) < 4.78 is 0.780. The van der Waals surface area contributed by atoms with Crippen LogP contribution in [0.1, 0.15) is 24.1 Å². The van der Waals surface area contributed by atoms with Gasteiger partial charge >= 0.3 is 6.03 Å². The van der Waals surface area contributed by atoms with Gasteiger partial charge < -0.3 is 16.4 Å². The largest absolute Gasteiger partial charge is 0.368 e. The Morgan fingerprint density at radius 2 is 1.87 bits per heavy atom. The highest BCUT2D eigenvalue weighted by atomic mass is 79.9. The van der Waals surface area contributed by atoms with E-state index in [0.29, 0.717) is 11.3 Å². The molecule has 0 saturated carbocycles. The summed E-state index contributed by atoms with van der Waals surface area (Å²) in [5.74, 6) is -0.619. The molecule has 0 aliphatic rings. The third kappa shape index (κ3) is 4.56. The number of carbonyl (C=O) groups is 2. The van der Waals surface area contributed by atoms with E-state index >= 15 is 0 Å². The van der Waals surface area contributed by atoms with Gasteiger partial charge in [0.2, 0.25) is 5.91 Å². The number of hydrogen-bond acceptors (Lipinski definition) is 2. The summed E-state index contributed by atoms with van der Waals surface area (Å²) in [6, 6.07) is 13.2. The number of urea groups is 1. The monoisotopic (exact) mass is 375 g/mol.